The first-order valence-electron chi connectivity index (χ1n) is 7.45. The minimum Gasteiger partial charge on any atom is -0.503 e. The summed E-state index contributed by atoms with van der Waals surface area (Å²) in [6, 6.07) is 10.8. The molecule has 8 heteroatoms. The van der Waals surface area contributed by atoms with Gasteiger partial charge in [0.15, 0.2) is 22.5 Å². The van der Waals surface area contributed by atoms with Crippen molar-refractivity contribution in [1.82, 2.24) is 9.97 Å². The Balaban J connectivity index is 1.83. The van der Waals surface area contributed by atoms with E-state index in [1.165, 1.54) is 0 Å². The Morgan fingerprint density at radius 1 is 1.28 bits per heavy atom. The van der Waals surface area contributed by atoms with E-state index < -0.39 is 0 Å². The number of ether oxygens (including phenoxy) is 1. The van der Waals surface area contributed by atoms with E-state index in [0.717, 1.165) is 11.1 Å². The van der Waals surface area contributed by atoms with Gasteiger partial charge in [-0.1, -0.05) is 23.7 Å². The van der Waals surface area contributed by atoms with Gasteiger partial charge < -0.3 is 9.84 Å². The molecule has 0 saturated carbocycles. The molecule has 0 saturated heterocycles. The molecule has 25 heavy (non-hydrogen) atoms. The van der Waals surface area contributed by atoms with Crippen molar-refractivity contribution in [1.29, 1.82) is 0 Å². The number of para-hydroxylation sites is 2. The lowest BCUT2D eigenvalue weighted by Gasteiger charge is -2.08. The fraction of sp³-hybridized carbons (Fsp3) is 0.118. The van der Waals surface area contributed by atoms with Crippen molar-refractivity contribution in [3.05, 3.63) is 51.6 Å². The second-order valence-electron chi connectivity index (χ2n) is 5.00. The first kappa shape index (κ1) is 17.4. The maximum absolute atomic E-state index is 9.93. The predicted molar refractivity (Wildman–Crippen MR) is 103 cm³/mol. The Morgan fingerprint density at radius 2 is 2.00 bits per heavy atom. The second kappa shape index (κ2) is 7.67. The highest BCUT2D eigenvalue weighted by molar-refractivity contribution is 9.10. The van der Waals surface area contributed by atoms with Crippen molar-refractivity contribution in [2.24, 2.45) is 5.10 Å². The van der Waals surface area contributed by atoms with Crippen LogP contribution in [0, 0.1) is 0 Å². The topological polar surface area (TPSA) is 79.6 Å². The summed E-state index contributed by atoms with van der Waals surface area (Å²) >= 11 is 9.41. The number of nitrogens with zero attached hydrogens (tertiary/aromatic N) is 3. The summed E-state index contributed by atoms with van der Waals surface area (Å²) in [5, 5.41) is 14.3. The minimum absolute atomic E-state index is 0.0513. The smallest absolute Gasteiger partial charge is 0.185 e. The van der Waals surface area contributed by atoms with Crippen LogP contribution in [-0.4, -0.2) is 27.9 Å². The van der Waals surface area contributed by atoms with Crippen LogP contribution in [-0.2, 0) is 0 Å². The van der Waals surface area contributed by atoms with Crippen LogP contribution in [0.4, 0.5) is 5.82 Å². The molecule has 0 fully saturated rings. The molecule has 1 aromatic heterocycles. The van der Waals surface area contributed by atoms with Crippen LogP contribution in [0.5, 0.6) is 11.5 Å². The van der Waals surface area contributed by atoms with Gasteiger partial charge in [-0.25, -0.2) is 9.97 Å². The number of fused-ring (bicyclic) bond motifs is 1. The van der Waals surface area contributed by atoms with E-state index in [1.54, 1.807) is 18.3 Å². The molecule has 0 radical (unpaired) electrons. The molecule has 0 atom stereocenters. The first-order chi connectivity index (χ1) is 12.1. The number of anilines is 1. The number of nitrogens with one attached hydrogen (secondary N) is 1. The number of rotatable bonds is 5. The number of aromatic hydroxyl groups is 1. The van der Waals surface area contributed by atoms with Crippen LogP contribution in [0.15, 0.2) is 46.0 Å². The SMILES string of the molecule is CCOc1cc(/C=N/Nc2nc3ccccc3nc2Cl)cc(Br)c1O. The van der Waals surface area contributed by atoms with Crippen LogP contribution < -0.4 is 10.2 Å². The minimum atomic E-state index is 0.0513. The Morgan fingerprint density at radius 3 is 2.72 bits per heavy atom. The van der Waals surface area contributed by atoms with Crippen LogP contribution in [0.1, 0.15) is 12.5 Å². The van der Waals surface area contributed by atoms with Gasteiger partial charge in [-0.2, -0.15) is 5.10 Å². The third-order valence-electron chi connectivity index (χ3n) is 3.26. The molecule has 0 aliphatic heterocycles. The summed E-state index contributed by atoms with van der Waals surface area (Å²) in [5.41, 5.74) is 4.94. The molecular weight excluding hydrogens is 408 g/mol. The number of aromatic nitrogens is 2. The highest BCUT2D eigenvalue weighted by Crippen LogP contribution is 2.35. The number of hydrogen-bond donors (Lipinski definition) is 2. The van der Waals surface area contributed by atoms with Gasteiger partial charge in [0.05, 0.1) is 28.3 Å². The van der Waals surface area contributed by atoms with E-state index in [2.05, 4.69) is 36.4 Å². The summed E-state index contributed by atoms with van der Waals surface area (Å²) in [6.07, 6.45) is 1.57. The fourth-order valence-electron chi connectivity index (χ4n) is 2.15. The van der Waals surface area contributed by atoms with Crippen LogP contribution >= 0.6 is 27.5 Å². The van der Waals surface area contributed by atoms with Gasteiger partial charge in [0, 0.05) is 0 Å². The molecule has 0 amide bonds. The fourth-order valence-corrected chi connectivity index (χ4v) is 2.79. The lowest BCUT2D eigenvalue weighted by molar-refractivity contribution is 0.317. The zero-order chi connectivity index (χ0) is 17.8. The number of hydrazone groups is 1. The first-order valence-corrected chi connectivity index (χ1v) is 8.62. The van der Waals surface area contributed by atoms with Crippen molar-refractivity contribution < 1.29 is 9.84 Å². The summed E-state index contributed by atoms with van der Waals surface area (Å²) in [5.74, 6) is 0.789. The molecule has 3 rings (SSSR count). The van der Waals surface area contributed by atoms with E-state index in [1.807, 2.05) is 31.2 Å². The normalized spacial score (nSPS) is 11.2. The Labute approximate surface area is 157 Å². The maximum Gasteiger partial charge on any atom is 0.185 e. The average Bonchev–Trinajstić information content (AvgIpc) is 2.60. The van der Waals surface area contributed by atoms with Gasteiger partial charge in [-0.05, 0) is 52.7 Å². The van der Waals surface area contributed by atoms with E-state index in [4.69, 9.17) is 16.3 Å². The van der Waals surface area contributed by atoms with Gasteiger partial charge >= 0.3 is 0 Å². The van der Waals surface area contributed by atoms with Crippen molar-refractivity contribution in [2.75, 3.05) is 12.0 Å². The Kier molecular flexibility index (Phi) is 5.35. The molecule has 2 aromatic carbocycles. The summed E-state index contributed by atoms with van der Waals surface area (Å²) in [7, 11) is 0. The largest absolute Gasteiger partial charge is 0.503 e. The predicted octanol–water partition coefficient (Wildman–Crippen LogP) is 4.60. The summed E-state index contributed by atoms with van der Waals surface area (Å²) in [4.78, 5) is 8.66. The lowest BCUT2D eigenvalue weighted by atomic mass is 10.2. The van der Waals surface area contributed by atoms with Gasteiger partial charge in [-0.15, -0.1) is 0 Å². The second-order valence-corrected chi connectivity index (χ2v) is 6.22. The van der Waals surface area contributed by atoms with Crippen molar-refractivity contribution in [3.63, 3.8) is 0 Å². The Hall–Kier alpha value is -2.38. The highest BCUT2D eigenvalue weighted by atomic mass is 79.9. The van der Waals surface area contributed by atoms with Crippen molar-refractivity contribution in [3.8, 4) is 11.5 Å². The number of benzene rings is 2. The van der Waals surface area contributed by atoms with E-state index in [0.29, 0.717) is 28.2 Å². The summed E-state index contributed by atoms with van der Waals surface area (Å²) < 4.78 is 5.90. The molecule has 0 aliphatic rings. The third-order valence-corrected chi connectivity index (χ3v) is 4.13. The molecular formula is C17H14BrClN4O2. The van der Waals surface area contributed by atoms with E-state index >= 15 is 0 Å². The standard InChI is InChI=1S/C17H14BrClN4O2/c1-2-25-14-8-10(7-11(18)15(14)24)9-20-23-17-16(19)21-12-5-3-4-6-13(12)22-17/h3-9,24H,2H2,1H3,(H,22,23)/b20-9+. The van der Waals surface area contributed by atoms with Crippen LogP contribution in [0.3, 0.4) is 0 Å². The molecule has 0 unspecified atom stereocenters. The van der Waals surface area contributed by atoms with Crippen LogP contribution in [0.2, 0.25) is 5.15 Å². The van der Waals surface area contributed by atoms with E-state index in [-0.39, 0.29) is 10.9 Å². The average molecular weight is 422 g/mol. The molecule has 3 aromatic rings. The number of halogens is 2. The number of hydrogen-bond acceptors (Lipinski definition) is 6. The quantitative estimate of drug-likeness (QED) is 0.465. The molecule has 6 nitrogen and oxygen atoms in total. The van der Waals surface area contributed by atoms with Crippen molar-refractivity contribution >= 4 is 50.6 Å². The van der Waals surface area contributed by atoms with Crippen molar-refractivity contribution in [2.45, 2.75) is 6.92 Å². The lowest BCUT2D eigenvalue weighted by Crippen LogP contribution is -1.98. The molecule has 2 N–H and O–H groups in total. The molecule has 0 bridgehead atoms. The summed E-state index contributed by atoms with van der Waals surface area (Å²) in [6.45, 7) is 2.29. The Bertz CT molecular complexity index is 949. The third kappa shape index (κ3) is 4.00. The van der Waals surface area contributed by atoms with Crippen LogP contribution in [0.25, 0.3) is 11.0 Å². The molecule has 128 valence electrons. The molecule has 1 heterocycles. The zero-order valence-electron chi connectivity index (χ0n) is 13.2. The monoisotopic (exact) mass is 420 g/mol. The van der Waals surface area contributed by atoms with Gasteiger partial charge in [0.2, 0.25) is 0 Å². The highest BCUT2D eigenvalue weighted by Gasteiger charge is 2.09. The molecule has 0 aliphatic carbocycles. The maximum atomic E-state index is 9.93. The van der Waals surface area contributed by atoms with E-state index in [9.17, 15) is 5.11 Å². The van der Waals surface area contributed by atoms with Gasteiger partial charge in [0.25, 0.3) is 0 Å². The van der Waals surface area contributed by atoms with Gasteiger partial charge in [0.1, 0.15) is 0 Å². The number of phenols is 1. The molecule has 0 spiro atoms. The zero-order valence-corrected chi connectivity index (χ0v) is 15.5. The number of phenolic OH excluding ortho intramolecular Hbond substituents is 1. The van der Waals surface area contributed by atoms with Gasteiger partial charge in [-0.3, -0.25) is 5.43 Å².